The maximum Gasteiger partial charge on any atom is 0.308 e. The number of benzene rings is 3. The van der Waals surface area contributed by atoms with Gasteiger partial charge in [0.05, 0.1) is 29.8 Å². The van der Waals surface area contributed by atoms with E-state index in [0.717, 1.165) is 16.3 Å². The summed E-state index contributed by atoms with van der Waals surface area (Å²) in [4.78, 5) is 26.5. The van der Waals surface area contributed by atoms with E-state index >= 15 is 0 Å². The van der Waals surface area contributed by atoms with Crippen LogP contribution in [0.15, 0.2) is 46.9 Å². The largest absolute Gasteiger partial charge is 0.493 e. The lowest BCUT2D eigenvalue weighted by Gasteiger charge is -2.17. The molecule has 160 valence electrons. The van der Waals surface area contributed by atoms with Gasteiger partial charge < -0.3 is 19.1 Å². The maximum absolute atomic E-state index is 13.6. The smallest absolute Gasteiger partial charge is 0.308 e. The second kappa shape index (κ2) is 8.59. The minimum Gasteiger partial charge on any atom is -0.493 e. The van der Waals surface area contributed by atoms with Crippen molar-refractivity contribution in [1.82, 2.24) is 0 Å². The van der Waals surface area contributed by atoms with Crippen LogP contribution in [0.3, 0.4) is 0 Å². The topological polar surface area (TPSA) is 65.1 Å². The van der Waals surface area contributed by atoms with Crippen LogP contribution in [0.2, 0.25) is 0 Å². The van der Waals surface area contributed by atoms with Crippen molar-refractivity contribution in [1.29, 1.82) is 0 Å². The van der Waals surface area contributed by atoms with Crippen LogP contribution in [-0.2, 0) is 11.3 Å². The minimum absolute atomic E-state index is 0.155. The Morgan fingerprint density at radius 1 is 1.03 bits per heavy atom. The van der Waals surface area contributed by atoms with E-state index in [0.29, 0.717) is 52.7 Å². The Morgan fingerprint density at radius 2 is 1.68 bits per heavy atom. The van der Waals surface area contributed by atoms with Gasteiger partial charge >= 0.3 is 5.97 Å². The highest BCUT2D eigenvalue weighted by molar-refractivity contribution is 9.10. The van der Waals surface area contributed by atoms with Crippen molar-refractivity contribution >= 4 is 44.3 Å². The average molecular weight is 484 g/mol. The van der Waals surface area contributed by atoms with Gasteiger partial charge in [0, 0.05) is 28.9 Å². The molecule has 0 spiro atoms. The van der Waals surface area contributed by atoms with Gasteiger partial charge in [-0.25, -0.2) is 0 Å². The number of hydrogen-bond donors (Lipinski definition) is 0. The Kier molecular flexibility index (Phi) is 5.87. The first-order valence-electron chi connectivity index (χ1n) is 10.1. The zero-order chi connectivity index (χ0) is 22.1. The van der Waals surface area contributed by atoms with Crippen LogP contribution in [0.4, 0.5) is 5.69 Å². The molecule has 0 fully saturated rings. The highest BCUT2D eigenvalue weighted by Crippen LogP contribution is 2.46. The molecule has 0 atom stereocenters. The molecule has 3 aromatic rings. The number of fused-ring (bicyclic) bond motifs is 2. The average Bonchev–Trinajstić information content (AvgIpc) is 3.09. The van der Waals surface area contributed by atoms with Gasteiger partial charge in [-0.15, -0.1) is 0 Å². The number of ether oxygens (including phenoxy) is 3. The van der Waals surface area contributed by atoms with Crippen LogP contribution in [0.5, 0.6) is 17.2 Å². The molecular formula is C24H22BrNO5. The monoisotopic (exact) mass is 483 g/mol. The lowest BCUT2D eigenvalue weighted by molar-refractivity contribution is -0.131. The summed E-state index contributed by atoms with van der Waals surface area (Å²) < 4.78 is 17.7. The van der Waals surface area contributed by atoms with Crippen molar-refractivity contribution in [3.63, 3.8) is 0 Å². The Balaban J connectivity index is 1.85. The molecule has 1 amide bonds. The molecule has 7 heteroatoms. The van der Waals surface area contributed by atoms with E-state index in [9.17, 15) is 9.59 Å². The third-order valence-electron chi connectivity index (χ3n) is 5.05. The van der Waals surface area contributed by atoms with Crippen molar-refractivity contribution in [3.8, 4) is 17.2 Å². The summed E-state index contributed by atoms with van der Waals surface area (Å²) in [5.41, 5.74) is 2.02. The molecule has 0 aromatic heterocycles. The van der Waals surface area contributed by atoms with E-state index in [-0.39, 0.29) is 5.91 Å². The first kappa shape index (κ1) is 21.2. The fourth-order valence-corrected chi connectivity index (χ4v) is 4.32. The first-order valence-corrected chi connectivity index (χ1v) is 10.9. The molecule has 0 aliphatic carbocycles. The molecule has 4 rings (SSSR count). The summed E-state index contributed by atoms with van der Waals surface area (Å²) in [6.45, 7) is 6.46. The second-order valence-corrected chi connectivity index (χ2v) is 7.88. The summed E-state index contributed by atoms with van der Waals surface area (Å²) in [5.74, 6) is 1.13. The number of nitrogens with zero attached hydrogens (tertiary/aromatic N) is 1. The van der Waals surface area contributed by atoms with Crippen molar-refractivity contribution in [2.45, 2.75) is 27.3 Å². The Morgan fingerprint density at radius 3 is 2.29 bits per heavy atom. The van der Waals surface area contributed by atoms with Crippen LogP contribution in [0.25, 0.3) is 10.8 Å². The quantitative estimate of drug-likeness (QED) is 0.342. The van der Waals surface area contributed by atoms with E-state index in [1.165, 1.54) is 6.92 Å². The number of carbonyl (C=O) groups is 2. The highest BCUT2D eigenvalue weighted by atomic mass is 79.9. The molecular weight excluding hydrogens is 462 g/mol. The van der Waals surface area contributed by atoms with Gasteiger partial charge in [0.15, 0.2) is 0 Å². The molecule has 0 saturated heterocycles. The molecule has 1 aliphatic heterocycles. The van der Waals surface area contributed by atoms with Crippen molar-refractivity contribution in [2.24, 2.45) is 0 Å². The molecule has 0 N–H and O–H groups in total. The Hall–Kier alpha value is -3.06. The number of carbonyl (C=O) groups excluding carboxylic acids is 2. The lowest BCUT2D eigenvalue weighted by Crippen LogP contribution is -2.23. The van der Waals surface area contributed by atoms with E-state index < -0.39 is 5.97 Å². The van der Waals surface area contributed by atoms with Crippen molar-refractivity contribution in [2.75, 3.05) is 18.1 Å². The number of rotatable bonds is 6. The fraction of sp³-hybridized carbons (Fsp3) is 0.250. The standard InChI is InChI=1S/C24H22BrNO5/c1-4-29-22-16-8-6-7-9-17(16)23(30-5-2)21-18(22)13-26(24(21)28)15-10-11-20(19(25)12-15)31-14(3)27/h6-12H,4-5,13H2,1-3H3. The zero-order valence-electron chi connectivity index (χ0n) is 17.5. The predicted molar refractivity (Wildman–Crippen MR) is 122 cm³/mol. The predicted octanol–water partition coefficient (Wildman–Crippen LogP) is 5.49. The Bertz CT molecular complexity index is 1190. The number of amides is 1. The summed E-state index contributed by atoms with van der Waals surface area (Å²) in [6, 6.07) is 13.0. The second-order valence-electron chi connectivity index (χ2n) is 7.02. The van der Waals surface area contributed by atoms with E-state index in [1.807, 2.05) is 38.1 Å². The molecule has 31 heavy (non-hydrogen) atoms. The summed E-state index contributed by atoms with van der Waals surface area (Å²) in [5, 5.41) is 1.78. The van der Waals surface area contributed by atoms with Gasteiger partial charge in [-0.05, 0) is 48.0 Å². The number of esters is 1. The Labute approximate surface area is 188 Å². The molecule has 0 bridgehead atoms. The van der Waals surface area contributed by atoms with Gasteiger partial charge in [-0.2, -0.15) is 0 Å². The van der Waals surface area contributed by atoms with Crippen LogP contribution < -0.4 is 19.1 Å². The highest BCUT2D eigenvalue weighted by Gasteiger charge is 2.36. The molecule has 3 aromatic carbocycles. The molecule has 1 aliphatic rings. The van der Waals surface area contributed by atoms with Gasteiger partial charge in [-0.1, -0.05) is 24.3 Å². The van der Waals surface area contributed by atoms with Crippen LogP contribution in [0, 0.1) is 0 Å². The maximum atomic E-state index is 13.6. The van der Waals surface area contributed by atoms with Gasteiger partial charge in [-0.3, -0.25) is 9.59 Å². The van der Waals surface area contributed by atoms with E-state index in [4.69, 9.17) is 14.2 Å². The third kappa shape index (κ3) is 3.74. The zero-order valence-corrected chi connectivity index (χ0v) is 19.1. The van der Waals surface area contributed by atoms with Gasteiger partial charge in [0.1, 0.15) is 17.2 Å². The molecule has 0 unspecified atom stereocenters. The van der Waals surface area contributed by atoms with Gasteiger partial charge in [0.25, 0.3) is 5.91 Å². The normalized spacial score (nSPS) is 12.8. The molecule has 0 saturated carbocycles. The van der Waals surface area contributed by atoms with E-state index in [1.54, 1.807) is 23.1 Å². The number of hydrogen-bond acceptors (Lipinski definition) is 5. The van der Waals surface area contributed by atoms with Gasteiger partial charge in [0.2, 0.25) is 0 Å². The van der Waals surface area contributed by atoms with Crippen molar-refractivity contribution < 1.29 is 23.8 Å². The lowest BCUT2D eigenvalue weighted by atomic mass is 9.99. The fourth-order valence-electron chi connectivity index (χ4n) is 3.88. The van der Waals surface area contributed by atoms with E-state index in [2.05, 4.69) is 15.9 Å². The molecule has 1 heterocycles. The summed E-state index contributed by atoms with van der Waals surface area (Å²) >= 11 is 3.43. The summed E-state index contributed by atoms with van der Waals surface area (Å²) in [6.07, 6.45) is 0. The minimum atomic E-state index is -0.410. The van der Waals surface area contributed by atoms with Crippen LogP contribution >= 0.6 is 15.9 Å². The molecule has 6 nitrogen and oxygen atoms in total. The number of halogens is 1. The summed E-state index contributed by atoms with van der Waals surface area (Å²) in [7, 11) is 0. The SMILES string of the molecule is CCOc1c2c(c(OCC)c3ccccc13)C(=O)N(c1ccc(OC(C)=O)c(Br)c1)C2. The van der Waals surface area contributed by atoms with Crippen LogP contribution in [-0.4, -0.2) is 25.1 Å². The number of anilines is 1. The first-order chi connectivity index (χ1) is 15.0. The van der Waals surface area contributed by atoms with Crippen molar-refractivity contribution in [3.05, 3.63) is 58.1 Å². The molecule has 0 radical (unpaired) electrons. The third-order valence-corrected chi connectivity index (χ3v) is 5.67. The van der Waals surface area contributed by atoms with Crippen LogP contribution in [0.1, 0.15) is 36.7 Å².